The molecule has 1 saturated heterocycles. The van der Waals surface area contributed by atoms with Gasteiger partial charge in [-0.05, 0) is 93.2 Å². The van der Waals surface area contributed by atoms with Gasteiger partial charge in [0.25, 0.3) is 11.5 Å². The number of fused-ring (bicyclic) bond motifs is 2. The first-order valence-electron chi connectivity index (χ1n) is 14.6. The highest BCUT2D eigenvalue weighted by Gasteiger charge is 2.29. The van der Waals surface area contributed by atoms with E-state index in [-0.39, 0.29) is 17.5 Å². The molecule has 0 unspecified atom stereocenters. The number of nitrogens with one attached hydrogen (secondary N) is 3. The van der Waals surface area contributed by atoms with Gasteiger partial charge in [0.1, 0.15) is 11.4 Å². The Balaban J connectivity index is 1.23. The van der Waals surface area contributed by atoms with E-state index in [9.17, 15) is 9.59 Å². The number of carbonyl (C=O) groups is 1. The summed E-state index contributed by atoms with van der Waals surface area (Å²) in [4.78, 5) is 43.7. The standard InChI is InChI=1S/C32H39N7O2/c1-20-7-8-24(37(3)4)16-22(20)15-21(2)34-26-9-10-33-31(40)29(26)30-35-27-17-23-19-39(14-13-38-11-5-6-12-38)32(41)25(23)18-28(27)36-30/h7-10,16-18,21H,5-6,11-15,19H2,1-4H3,(H,35,36)(H2,33,34,40)/t21-/m0/s1. The number of imidazole rings is 1. The van der Waals surface area contributed by atoms with Gasteiger partial charge in [-0.3, -0.25) is 9.59 Å². The second-order valence-electron chi connectivity index (χ2n) is 11.7. The van der Waals surface area contributed by atoms with Crippen LogP contribution in [0.15, 0.2) is 47.4 Å². The molecule has 1 atom stereocenters. The van der Waals surface area contributed by atoms with Crippen LogP contribution in [0.4, 0.5) is 11.4 Å². The van der Waals surface area contributed by atoms with Crippen molar-refractivity contribution in [1.29, 1.82) is 0 Å². The molecule has 6 rings (SSSR count). The molecule has 2 aromatic carbocycles. The minimum atomic E-state index is -0.219. The molecule has 2 aliphatic heterocycles. The summed E-state index contributed by atoms with van der Waals surface area (Å²) in [6.45, 7) is 8.78. The normalized spacial score (nSPS) is 16.0. The summed E-state index contributed by atoms with van der Waals surface area (Å²) < 4.78 is 0. The van der Waals surface area contributed by atoms with E-state index in [0.717, 1.165) is 55.1 Å². The van der Waals surface area contributed by atoms with Gasteiger partial charge in [0, 0.05) is 57.2 Å². The van der Waals surface area contributed by atoms with E-state index in [4.69, 9.17) is 4.98 Å². The number of pyridine rings is 1. The molecular formula is C32H39N7O2. The Kier molecular flexibility index (Phi) is 7.30. The van der Waals surface area contributed by atoms with E-state index in [1.54, 1.807) is 6.20 Å². The lowest BCUT2D eigenvalue weighted by Crippen LogP contribution is -2.33. The van der Waals surface area contributed by atoms with E-state index in [1.807, 2.05) is 37.2 Å². The Morgan fingerprint density at radius 2 is 1.88 bits per heavy atom. The number of hydrogen-bond donors (Lipinski definition) is 3. The van der Waals surface area contributed by atoms with Crippen LogP contribution >= 0.6 is 0 Å². The lowest BCUT2D eigenvalue weighted by Gasteiger charge is -2.20. The molecule has 9 nitrogen and oxygen atoms in total. The van der Waals surface area contributed by atoms with Crippen LogP contribution in [0, 0.1) is 6.92 Å². The number of benzene rings is 2. The lowest BCUT2D eigenvalue weighted by molar-refractivity contribution is 0.0763. The summed E-state index contributed by atoms with van der Waals surface area (Å²) in [5.41, 5.74) is 7.86. The fourth-order valence-corrected chi connectivity index (χ4v) is 6.08. The maximum absolute atomic E-state index is 13.2. The Bertz CT molecular complexity index is 1650. The molecule has 0 spiro atoms. The molecule has 2 aromatic heterocycles. The van der Waals surface area contributed by atoms with Crippen molar-refractivity contribution in [1.82, 2.24) is 24.8 Å². The number of hydrogen-bond acceptors (Lipinski definition) is 6. The third-order valence-corrected chi connectivity index (χ3v) is 8.45. The molecule has 9 heteroatoms. The maximum Gasteiger partial charge on any atom is 0.261 e. The summed E-state index contributed by atoms with van der Waals surface area (Å²) in [5.74, 6) is 0.553. The molecule has 0 radical (unpaired) electrons. The van der Waals surface area contributed by atoms with Crippen molar-refractivity contribution in [2.75, 3.05) is 50.5 Å². The van der Waals surface area contributed by atoms with Gasteiger partial charge in [-0.1, -0.05) is 6.07 Å². The molecule has 0 saturated carbocycles. The van der Waals surface area contributed by atoms with Crippen LogP contribution in [0.3, 0.4) is 0 Å². The van der Waals surface area contributed by atoms with Crippen LogP contribution < -0.4 is 15.8 Å². The first-order chi connectivity index (χ1) is 19.8. The van der Waals surface area contributed by atoms with Crippen LogP contribution in [-0.2, 0) is 13.0 Å². The molecule has 0 aliphatic carbocycles. The molecule has 0 bridgehead atoms. The highest BCUT2D eigenvalue weighted by Crippen LogP contribution is 2.30. The van der Waals surface area contributed by atoms with E-state index < -0.39 is 0 Å². The minimum absolute atomic E-state index is 0.0630. The van der Waals surface area contributed by atoms with Crippen molar-refractivity contribution in [3.05, 3.63) is 75.2 Å². The fourth-order valence-electron chi connectivity index (χ4n) is 6.08. The topological polar surface area (TPSA) is 100 Å². The highest BCUT2D eigenvalue weighted by atomic mass is 16.2. The Morgan fingerprint density at radius 3 is 2.66 bits per heavy atom. The third-order valence-electron chi connectivity index (χ3n) is 8.45. The van der Waals surface area contributed by atoms with Gasteiger partial charge >= 0.3 is 0 Å². The molecule has 4 aromatic rings. The van der Waals surface area contributed by atoms with E-state index in [2.05, 4.69) is 57.1 Å². The van der Waals surface area contributed by atoms with Crippen LogP contribution in [0.2, 0.25) is 0 Å². The van der Waals surface area contributed by atoms with Crippen molar-refractivity contribution in [3.8, 4) is 11.4 Å². The molecule has 2 aliphatic rings. The predicted molar refractivity (Wildman–Crippen MR) is 165 cm³/mol. The molecular weight excluding hydrogens is 514 g/mol. The lowest BCUT2D eigenvalue weighted by atomic mass is 10.0. The van der Waals surface area contributed by atoms with E-state index in [1.165, 1.54) is 24.0 Å². The second-order valence-corrected chi connectivity index (χ2v) is 11.7. The largest absolute Gasteiger partial charge is 0.381 e. The number of nitrogens with zero attached hydrogens (tertiary/aromatic N) is 4. The van der Waals surface area contributed by atoms with E-state index in [0.29, 0.717) is 29.0 Å². The summed E-state index contributed by atoms with van der Waals surface area (Å²) in [5, 5.41) is 3.56. The van der Waals surface area contributed by atoms with Gasteiger partial charge in [-0.25, -0.2) is 4.98 Å². The summed E-state index contributed by atoms with van der Waals surface area (Å²) in [6, 6.07) is 12.3. The average molecular weight is 554 g/mol. The molecule has 3 N–H and O–H groups in total. The van der Waals surface area contributed by atoms with Gasteiger partial charge in [-0.15, -0.1) is 0 Å². The fraction of sp³-hybridized carbons (Fsp3) is 0.406. The van der Waals surface area contributed by atoms with Gasteiger partial charge in [-0.2, -0.15) is 0 Å². The van der Waals surface area contributed by atoms with Crippen LogP contribution in [-0.4, -0.2) is 77.0 Å². The minimum Gasteiger partial charge on any atom is -0.381 e. The average Bonchev–Trinajstić information content (AvgIpc) is 3.67. The van der Waals surface area contributed by atoms with Gasteiger partial charge in [0.2, 0.25) is 0 Å². The zero-order chi connectivity index (χ0) is 28.7. The monoisotopic (exact) mass is 553 g/mol. The molecule has 1 fully saturated rings. The quantitative estimate of drug-likeness (QED) is 0.284. The van der Waals surface area contributed by atoms with Gasteiger partial charge < -0.3 is 30.0 Å². The summed E-state index contributed by atoms with van der Waals surface area (Å²) >= 11 is 0. The molecule has 41 heavy (non-hydrogen) atoms. The smallest absolute Gasteiger partial charge is 0.261 e. The number of aromatic amines is 2. The Hall–Kier alpha value is -4.11. The summed E-state index contributed by atoms with van der Waals surface area (Å²) in [7, 11) is 4.09. The summed E-state index contributed by atoms with van der Waals surface area (Å²) in [6.07, 6.45) is 4.96. The van der Waals surface area contributed by atoms with E-state index >= 15 is 0 Å². The van der Waals surface area contributed by atoms with Crippen LogP contribution in [0.5, 0.6) is 0 Å². The second kappa shape index (κ2) is 11.0. The number of carbonyl (C=O) groups excluding carboxylic acids is 1. The van der Waals surface area contributed by atoms with Gasteiger partial charge in [0.15, 0.2) is 0 Å². The number of aryl methyl sites for hydroxylation is 1. The number of H-pyrrole nitrogens is 2. The van der Waals surface area contributed by atoms with Gasteiger partial charge in [0.05, 0.1) is 16.7 Å². The highest BCUT2D eigenvalue weighted by molar-refractivity contribution is 6.02. The number of aromatic nitrogens is 3. The molecule has 1 amide bonds. The van der Waals surface area contributed by atoms with Crippen molar-refractivity contribution in [3.63, 3.8) is 0 Å². The molecule has 4 heterocycles. The zero-order valence-electron chi connectivity index (χ0n) is 24.4. The van der Waals surface area contributed by atoms with Crippen molar-refractivity contribution in [2.45, 2.75) is 45.7 Å². The Morgan fingerprint density at radius 1 is 1.07 bits per heavy atom. The first kappa shape index (κ1) is 27.1. The van der Waals surface area contributed by atoms with Crippen LogP contribution in [0.1, 0.15) is 46.8 Å². The van der Waals surface area contributed by atoms with Crippen molar-refractivity contribution >= 4 is 28.3 Å². The third kappa shape index (κ3) is 5.46. The molecule has 214 valence electrons. The van der Waals surface area contributed by atoms with Crippen molar-refractivity contribution in [2.24, 2.45) is 0 Å². The zero-order valence-corrected chi connectivity index (χ0v) is 24.4. The maximum atomic E-state index is 13.2. The number of rotatable bonds is 9. The SMILES string of the molecule is Cc1ccc(N(C)C)cc1C[C@H](C)Nc1cc[nH]c(=O)c1-c1nc2cc3c(cc2[nH]1)CN(CCN1CCCC1)C3=O. The number of likely N-dealkylation sites (tertiary alicyclic amines) is 1. The predicted octanol–water partition coefficient (Wildman–Crippen LogP) is 4.39. The first-order valence-corrected chi connectivity index (χ1v) is 14.6. The van der Waals surface area contributed by atoms with Crippen molar-refractivity contribution < 1.29 is 4.79 Å². The Labute approximate surface area is 240 Å². The number of amides is 1. The number of anilines is 2. The van der Waals surface area contributed by atoms with Crippen LogP contribution in [0.25, 0.3) is 22.4 Å².